The predicted molar refractivity (Wildman–Crippen MR) is 128 cm³/mol. The molecular weight excluding hydrogens is 469 g/mol. The molecule has 2 aromatic rings. The van der Waals surface area contributed by atoms with Gasteiger partial charge in [-0.2, -0.15) is 0 Å². The van der Waals surface area contributed by atoms with Crippen LogP contribution in [0.2, 0.25) is 0 Å². The second kappa shape index (κ2) is 10.6. The largest absolute Gasteiger partial charge is 0.354 e. The molecule has 12 heteroatoms. The molecule has 0 unspecified atom stereocenters. The minimum absolute atomic E-state index is 0.116. The number of halogens is 1. The third kappa shape index (κ3) is 8.06. The highest BCUT2D eigenvalue weighted by molar-refractivity contribution is 7.90. The molecule has 0 atom stereocenters. The summed E-state index contributed by atoms with van der Waals surface area (Å²) in [5.74, 6) is -1.16. The Kier molecular flexibility index (Phi) is 8.55. The van der Waals surface area contributed by atoms with Crippen LogP contribution < -0.4 is 16.0 Å². The molecule has 0 aliphatic carbocycles. The molecule has 3 N–H and O–H groups in total. The molecule has 1 aromatic carbocycles. The van der Waals surface area contributed by atoms with E-state index in [0.29, 0.717) is 22.7 Å². The lowest BCUT2D eigenvalue weighted by atomic mass is 9.93. The monoisotopic (exact) mass is 499 g/mol. The lowest BCUT2D eigenvalue weighted by Crippen LogP contribution is -2.44. The van der Waals surface area contributed by atoms with E-state index >= 15 is 0 Å². The average Bonchev–Trinajstić information content (AvgIpc) is 3.02. The van der Waals surface area contributed by atoms with E-state index in [2.05, 4.69) is 20.9 Å². The van der Waals surface area contributed by atoms with Gasteiger partial charge in [0.1, 0.15) is 10.7 Å². The van der Waals surface area contributed by atoms with Crippen molar-refractivity contribution in [3.05, 3.63) is 29.7 Å². The molecule has 2 rings (SSSR count). The summed E-state index contributed by atoms with van der Waals surface area (Å²) >= 11 is 1.11. The van der Waals surface area contributed by atoms with Crippen molar-refractivity contribution in [2.45, 2.75) is 25.7 Å². The zero-order valence-corrected chi connectivity index (χ0v) is 21.2. The number of nitrogens with zero attached hydrogens (tertiary/aromatic N) is 2. The zero-order valence-electron chi connectivity index (χ0n) is 19.6. The van der Waals surface area contributed by atoms with Crippen molar-refractivity contribution in [2.24, 2.45) is 5.41 Å². The van der Waals surface area contributed by atoms with Gasteiger partial charge in [-0.25, -0.2) is 22.6 Å². The second-order valence-electron chi connectivity index (χ2n) is 8.84. The summed E-state index contributed by atoms with van der Waals surface area (Å²) < 4.78 is 37.4. The zero-order chi connectivity index (χ0) is 25.0. The van der Waals surface area contributed by atoms with Gasteiger partial charge in [0.2, 0.25) is 5.91 Å². The molecule has 0 saturated heterocycles. The Morgan fingerprint density at radius 1 is 1.21 bits per heavy atom. The summed E-state index contributed by atoms with van der Waals surface area (Å²) in [5.41, 5.74) is 0.876. The highest BCUT2D eigenvalue weighted by Crippen LogP contribution is 2.34. The van der Waals surface area contributed by atoms with Crippen molar-refractivity contribution in [3.8, 4) is 10.4 Å². The quantitative estimate of drug-likeness (QED) is 0.488. The van der Waals surface area contributed by atoms with Gasteiger partial charge in [-0.05, 0) is 44.1 Å². The highest BCUT2D eigenvalue weighted by atomic mass is 32.2. The maximum absolute atomic E-state index is 14.2. The molecule has 0 aliphatic rings. The molecule has 0 bridgehead atoms. The van der Waals surface area contributed by atoms with Gasteiger partial charge >= 0.3 is 6.03 Å². The predicted octanol–water partition coefficient (Wildman–Crippen LogP) is 2.49. The molecule has 0 saturated carbocycles. The van der Waals surface area contributed by atoms with Crippen LogP contribution in [0.5, 0.6) is 0 Å². The van der Waals surface area contributed by atoms with Crippen molar-refractivity contribution >= 4 is 38.2 Å². The number of carbonyl (C=O) groups excluding carboxylic acids is 2. The molecule has 0 spiro atoms. The van der Waals surface area contributed by atoms with Crippen molar-refractivity contribution in [2.75, 3.05) is 45.3 Å². The van der Waals surface area contributed by atoms with E-state index in [1.807, 2.05) is 32.8 Å². The maximum Gasteiger partial charge on any atom is 0.321 e. The third-order valence-corrected chi connectivity index (χ3v) is 6.78. The molecule has 0 aliphatic heterocycles. The minimum atomic E-state index is -3.67. The van der Waals surface area contributed by atoms with E-state index in [0.717, 1.165) is 30.2 Å². The van der Waals surface area contributed by atoms with Crippen LogP contribution in [0.15, 0.2) is 23.1 Å². The molecular formula is C21H30FN5O4S2. The van der Waals surface area contributed by atoms with E-state index in [1.165, 1.54) is 12.1 Å². The van der Waals surface area contributed by atoms with Crippen LogP contribution in [0.4, 0.5) is 14.3 Å². The number of carbonyl (C=O) groups is 2. The fourth-order valence-electron chi connectivity index (χ4n) is 3.27. The van der Waals surface area contributed by atoms with Gasteiger partial charge in [-0.15, -0.1) is 0 Å². The number of anilines is 1. The number of sulfone groups is 1. The van der Waals surface area contributed by atoms with E-state index in [1.54, 1.807) is 6.92 Å². The number of benzene rings is 1. The Labute approximate surface area is 197 Å². The summed E-state index contributed by atoms with van der Waals surface area (Å²) in [6, 6.07) is 3.23. The molecule has 3 amide bonds. The first-order valence-electron chi connectivity index (χ1n) is 10.1. The van der Waals surface area contributed by atoms with Crippen molar-refractivity contribution in [3.63, 3.8) is 0 Å². The van der Waals surface area contributed by atoms with Gasteiger partial charge in [0.05, 0.1) is 17.1 Å². The maximum atomic E-state index is 14.2. The van der Waals surface area contributed by atoms with Gasteiger partial charge in [0.15, 0.2) is 15.0 Å². The first-order chi connectivity index (χ1) is 15.2. The summed E-state index contributed by atoms with van der Waals surface area (Å²) in [5, 5.41) is 8.10. The first-order valence-corrected chi connectivity index (χ1v) is 12.8. The van der Waals surface area contributed by atoms with Gasteiger partial charge in [-0.1, -0.05) is 31.3 Å². The van der Waals surface area contributed by atoms with Gasteiger partial charge in [0, 0.05) is 19.3 Å². The average molecular weight is 500 g/mol. The lowest BCUT2D eigenvalue weighted by molar-refractivity contribution is -0.120. The van der Waals surface area contributed by atoms with Crippen LogP contribution in [0.25, 0.3) is 10.4 Å². The molecule has 33 heavy (non-hydrogen) atoms. The van der Waals surface area contributed by atoms with Crippen LogP contribution in [0.1, 0.15) is 19.5 Å². The van der Waals surface area contributed by atoms with Crippen LogP contribution in [0.3, 0.4) is 0 Å². The fourth-order valence-corrected chi connectivity index (χ4v) is 4.96. The summed E-state index contributed by atoms with van der Waals surface area (Å²) in [6.45, 7) is 6.84. The van der Waals surface area contributed by atoms with E-state index in [-0.39, 0.29) is 27.9 Å². The SMILES string of the molecule is Cc1nc(NC(=O)NCC(=O)NCC(C)(C)CN(C)C)sc1-c1ccc(S(C)(=O)=O)c(F)c1. The number of rotatable bonds is 9. The molecule has 1 aromatic heterocycles. The highest BCUT2D eigenvalue weighted by Gasteiger charge is 2.20. The molecule has 182 valence electrons. The second-order valence-corrected chi connectivity index (χ2v) is 11.8. The van der Waals surface area contributed by atoms with Crippen LogP contribution in [-0.2, 0) is 14.6 Å². The Morgan fingerprint density at radius 2 is 1.88 bits per heavy atom. The number of thiazole rings is 1. The molecule has 1 heterocycles. The van der Waals surface area contributed by atoms with Crippen LogP contribution in [0, 0.1) is 18.2 Å². The van der Waals surface area contributed by atoms with Crippen LogP contribution in [-0.4, -0.2) is 70.2 Å². The standard InChI is InChI=1S/C21H30FN5O4S2/c1-13-18(14-7-8-16(15(22)9-14)33(6,30)31)32-20(25-13)26-19(29)23-10-17(28)24-11-21(2,3)12-27(4)5/h7-9H,10-12H2,1-6H3,(H,24,28)(H2,23,25,26,29). The molecule has 9 nitrogen and oxygen atoms in total. The number of aromatic nitrogens is 1. The number of amides is 3. The van der Waals surface area contributed by atoms with Crippen molar-refractivity contribution in [1.29, 1.82) is 0 Å². The molecule has 0 radical (unpaired) electrons. The Balaban J connectivity index is 1.95. The van der Waals surface area contributed by atoms with Gasteiger partial charge in [0.25, 0.3) is 0 Å². The van der Waals surface area contributed by atoms with Gasteiger partial charge < -0.3 is 15.5 Å². The van der Waals surface area contributed by atoms with E-state index < -0.39 is 21.7 Å². The summed E-state index contributed by atoms with van der Waals surface area (Å²) in [6.07, 6.45) is 0.939. The number of nitrogens with one attached hydrogen (secondary N) is 3. The number of aryl methyl sites for hydroxylation is 1. The molecule has 0 fully saturated rings. The minimum Gasteiger partial charge on any atom is -0.354 e. The normalized spacial score (nSPS) is 12.0. The number of hydrogen-bond donors (Lipinski definition) is 3. The number of urea groups is 1. The lowest BCUT2D eigenvalue weighted by Gasteiger charge is -2.28. The fraction of sp³-hybridized carbons (Fsp3) is 0.476. The third-order valence-electron chi connectivity index (χ3n) is 4.53. The van der Waals surface area contributed by atoms with Crippen LogP contribution >= 0.6 is 11.3 Å². The topological polar surface area (TPSA) is 120 Å². The van der Waals surface area contributed by atoms with E-state index in [4.69, 9.17) is 0 Å². The Morgan fingerprint density at radius 3 is 2.45 bits per heavy atom. The number of hydrogen-bond acceptors (Lipinski definition) is 7. The Bertz CT molecular complexity index is 1130. The van der Waals surface area contributed by atoms with Crippen molar-refractivity contribution < 1.29 is 22.4 Å². The van der Waals surface area contributed by atoms with Gasteiger partial charge in [-0.3, -0.25) is 10.1 Å². The smallest absolute Gasteiger partial charge is 0.321 e. The van der Waals surface area contributed by atoms with Crippen molar-refractivity contribution in [1.82, 2.24) is 20.5 Å². The van der Waals surface area contributed by atoms with E-state index in [9.17, 15) is 22.4 Å². The Hall–Kier alpha value is -2.57. The first kappa shape index (κ1) is 26.7. The summed E-state index contributed by atoms with van der Waals surface area (Å²) in [7, 11) is 0.249. The summed E-state index contributed by atoms with van der Waals surface area (Å²) in [4.78, 5) is 30.7.